The molecule has 1 N–H and O–H groups in total. The first kappa shape index (κ1) is 17.5. The Labute approximate surface area is 155 Å². The third-order valence-corrected chi connectivity index (χ3v) is 6.89. The number of likely N-dealkylation sites (tertiary alicyclic amines) is 2. The number of amides is 1. The molecule has 2 atom stereocenters. The number of carboxylic acid groups (broad SMARTS) is 1. The fraction of sp³-hybridized carbons (Fsp3) is 0.619. The van der Waals surface area contributed by atoms with Crippen LogP contribution in [0.2, 0.25) is 0 Å². The smallest absolute Gasteiger partial charge is 0.313 e. The van der Waals surface area contributed by atoms with Gasteiger partial charge in [-0.3, -0.25) is 9.59 Å². The van der Waals surface area contributed by atoms with E-state index >= 15 is 0 Å². The molecule has 1 aliphatic carbocycles. The zero-order valence-corrected chi connectivity index (χ0v) is 15.7. The molecule has 0 radical (unpaired) electrons. The van der Waals surface area contributed by atoms with Crippen LogP contribution in [0.1, 0.15) is 40.7 Å². The summed E-state index contributed by atoms with van der Waals surface area (Å²) in [5.74, 6) is 0.00572. The first-order valence-electron chi connectivity index (χ1n) is 9.71. The molecule has 0 spiro atoms. The molecule has 3 fully saturated rings. The minimum absolute atomic E-state index is 0.0336. The van der Waals surface area contributed by atoms with Crippen LogP contribution in [0.25, 0.3) is 0 Å². The fourth-order valence-corrected chi connectivity index (χ4v) is 4.86. The number of benzene rings is 1. The van der Waals surface area contributed by atoms with Crippen molar-refractivity contribution in [3.8, 4) is 0 Å². The van der Waals surface area contributed by atoms with Gasteiger partial charge in [0, 0.05) is 44.2 Å². The van der Waals surface area contributed by atoms with Crippen LogP contribution in [0.4, 0.5) is 0 Å². The maximum absolute atomic E-state index is 12.9. The molecule has 1 amide bonds. The van der Waals surface area contributed by atoms with Crippen LogP contribution in [0.15, 0.2) is 18.2 Å². The first-order valence-corrected chi connectivity index (χ1v) is 9.71. The molecule has 26 heavy (non-hydrogen) atoms. The van der Waals surface area contributed by atoms with Gasteiger partial charge in [0.1, 0.15) is 5.41 Å². The molecule has 0 aromatic heterocycles. The number of carboxylic acids is 1. The van der Waals surface area contributed by atoms with Crippen molar-refractivity contribution in [2.75, 3.05) is 32.7 Å². The van der Waals surface area contributed by atoms with Gasteiger partial charge >= 0.3 is 5.97 Å². The number of aliphatic carboxylic acids is 1. The van der Waals surface area contributed by atoms with Crippen molar-refractivity contribution in [2.45, 2.75) is 33.1 Å². The van der Waals surface area contributed by atoms with Crippen LogP contribution in [0, 0.1) is 31.1 Å². The minimum Gasteiger partial charge on any atom is -0.481 e. The highest BCUT2D eigenvalue weighted by atomic mass is 16.4. The number of hydrogen-bond acceptors (Lipinski definition) is 3. The van der Waals surface area contributed by atoms with E-state index < -0.39 is 11.4 Å². The lowest BCUT2D eigenvalue weighted by atomic mass is 9.81. The topological polar surface area (TPSA) is 60.9 Å². The van der Waals surface area contributed by atoms with Crippen molar-refractivity contribution < 1.29 is 14.7 Å². The molecule has 0 unspecified atom stereocenters. The van der Waals surface area contributed by atoms with E-state index in [0.29, 0.717) is 25.2 Å². The highest BCUT2D eigenvalue weighted by Gasteiger charge is 2.58. The van der Waals surface area contributed by atoms with Crippen LogP contribution in [0.3, 0.4) is 0 Å². The van der Waals surface area contributed by atoms with Crippen molar-refractivity contribution in [1.82, 2.24) is 9.80 Å². The van der Waals surface area contributed by atoms with E-state index in [1.807, 2.05) is 32.0 Å². The monoisotopic (exact) mass is 356 g/mol. The first-order chi connectivity index (χ1) is 12.4. The maximum Gasteiger partial charge on any atom is 0.313 e. The number of carbonyl (C=O) groups is 2. The molecule has 1 aromatic carbocycles. The highest BCUT2D eigenvalue weighted by molar-refractivity contribution is 5.95. The van der Waals surface area contributed by atoms with Gasteiger partial charge in [0.15, 0.2) is 0 Å². The number of rotatable bonds is 4. The zero-order valence-electron chi connectivity index (χ0n) is 15.7. The van der Waals surface area contributed by atoms with E-state index in [4.69, 9.17) is 0 Å². The maximum atomic E-state index is 12.9. The number of hydrogen-bond donors (Lipinski definition) is 1. The molecule has 4 rings (SSSR count). The number of aryl methyl sites for hydroxylation is 2. The molecule has 0 bridgehead atoms. The Kier molecular flexibility index (Phi) is 4.30. The van der Waals surface area contributed by atoms with Gasteiger partial charge in [0.05, 0.1) is 0 Å². The molecule has 1 saturated carbocycles. The van der Waals surface area contributed by atoms with E-state index in [1.54, 1.807) is 4.90 Å². The van der Waals surface area contributed by atoms with Gasteiger partial charge in [-0.05, 0) is 55.9 Å². The van der Waals surface area contributed by atoms with E-state index in [0.717, 1.165) is 30.1 Å². The molecule has 2 aliphatic heterocycles. The van der Waals surface area contributed by atoms with Crippen LogP contribution >= 0.6 is 0 Å². The largest absolute Gasteiger partial charge is 0.481 e. The summed E-state index contributed by atoms with van der Waals surface area (Å²) < 4.78 is 0. The molecule has 1 aromatic rings. The van der Waals surface area contributed by atoms with Crippen LogP contribution in [-0.2, 0) is 4.79 Å². The second-order valence-corrected chi connectivity index (χ2v) is 8.63. The molecule has 2 heterocycles. The summed E-state index contributed by atoms with van der Waals surface area (Å²) in [5.41, 5.74) is 2.13. The number of carbonyl (C=O) groups excluding carboxylic acids is 1. The zero-order chi connectivity index (χ0) is 18.5. The van der Waals surface area contributed by atoms with Crippen molar-refractivity contribution in [3.63, 3.8) is 0 Å². The van der Waals surface area contributed by atoms with E-state index in [2.05, 4.69) is 4.90 Å². The van der Waals surface area contributed by atoms with Gasteiger partial charge in [-0.15, -0.1) is 0 Å². The Morgan fingerprint density at radius 3 is 2.50 bits per heavy atom. The van der Waals surface area contributed by atoms with Crippen molar-refractivity contribution in [2.24, 2.45) is 17.3 Å². The second-order valence-electron chi connectivity index (χ2n) is 8.63. The second kappa shape index (κ2) is 6.38. The van der Waals surface area contributed by atoms with Crippen molar-refractivity contribution in [3.05, 3.63) is 34.9 Å². The summed E-state index contributed by atoms with van der Waals surface area (Å²) in [6.45, 7) is 7.33. The van der Waals surface area contributed by atoms with Gasteiger partial charge in [-0.25, -0.2) is 0 Å². The Morgan fingerprint density at radius 1 is 1.15 bits per heavy atom. The number of fused-ring (bicyclic) bond motifs is 1. The third-order valence-electron chi connectivity index (χ3n) is 6.89. The van der Waals surface area contributed by atoms with Crippen molar-refractivity contribution in [1.29, 1.82) is 0 Å². The van der Waals surface area contributed by atoms with E-state index in [9.17, 15) is 14.7 Å². The summed E-state index contributed by atoms with van der Waals surface area (Å²) in [6.07, 6.45) is 3.86. The Bertz CT molecular complexity index is 743. The SMILES string of the molecule is Cc1ccc(C(=O)N2C[C@H]3CN(CC4CCC4)C[C@@]3(C(=O)O)C2)cc1C. The minimum atomic E-state index is -0.793. The van der Waals surface area contributed by atoms with Crippen LogP contribution in [-0.4, -0.2) is 59.5 Å². The predicted molar refractivity (Wildman–Crippen MR) is 99.2 cm³/mol. The average molecular weight is 356 g/mol. The summed E-state index contributed by atoms with van der Waals surface area (Å²) >= 11 is 0. The molecule has 5 heteroatoms. The lowest BCUT2D eigenvalue weighted by molar-refractivity contribution is -0.148. The average Bonchev–Trinajstić information content (AvgIpc) is 3.08. The lowest BCUT2D eigenvalue weighted by Gasteiger charge is -2.31. The molecular formula is C21H28N2O3. The van der Waals surface area contributed by atoms with Crippen LogP contribution in [0.5, 0.6) is 0 Å². The lowest BCUT2D eigenvalue weighted by Crippen LogP contribution is -2.43. The molecule has 2 saturated heterocycles. The predicted octanol–water partition coefficient (Wildman–Crippen LogP) is 2.56. The van der Waals surface area contributed by atoms with Gasteiger partial charge in [-0.1, -0.05) is 12.5 Å². The van der Waals surface area contributed by atoms with E-state index in [-0.39, 0.29) is 11.8 Å². The number of nitrogens with zero attached hydrogens (tertiary/aromatic N) is 2. The molecule has 3 aliphatic rings. The molecule has 140 valence electrons. The Morgan fingerprint density at radius 2 is 1.92 bits per heavy atom. The third kappa shape index (κ3) is 2.82. The Hall–Kier alpha value is -1.88. The van der Waals surface area contributed by atoms with Gasteiger partial charge in [-0.2, -0.15) is 0 Å². The Balaban J connectivity index is 1.49. The summed E-state index contributed by atoms with van der Waals surface area (Å²) in [4.78, 5) is 29.2. The van der Waals surface area contributed by atoms with Crippen LogP contribution < -0.4 is 0 Å². The summed E-state index contributed by atoms with van der Waals surface area (Å²) in [6, 6.07) is 5.74. The van der Waals surface area contributed by atoms with Gasteiger partial charge < -0.3 is 14.9 Å². The quantitative estimate of drug-likeness (QED) is 0.901. The molecular weight excluding hydrogens is 328 g/mol. The van der Waals surface area contributed by atoms with Gasteiger partial charge in [0.25, 0.3) is 5.91 Å². The fourth-order valence-electron chi connectivity index (χ4n) is 4.86. The van der Waals surface area contributed by atoms with Gasteiger partial charge in [0.2, 0.25) is 0 Å². The summed E-state index contributed by atoms with van der Waals surface area (Å²) in [7, 11) is 0. The standard InChI is InChI=1S/C21H28N2O3/c1-14-6-7-17(8-15(14)2)19(24)23-11-18-10-22(9-16-4-3-5-16)12-21(18,13-23)20(25)26/h6-8,16,18H,3-5,9-13H2,1-2H3,(H,25,26)/t18-,21-/m1/s1. The van der Waals surface area contributed by atoms with Crippen molar-refractivity contribution >= 4 is 11.9 Å². The highest BCUT2D eigenvalue weighted by Crippen LogP contribution is 2.44. The molecule has 5 nitrogen and oxygen atoms in total. The van der Waals surface area contributed by atoms with E-state index in [1.165, 1.54) is 19.3 Å². The summed E-state index contributed by atoms with van der Waals surface area (Å²) in [5, 5.41) is 9.98. The normalized spacial score (nSPS) is 28.8.